The Balaban J connectivity index is 1.45. The normalized spacial score (nSPS) is 14.0. The summed E-state index contributed by atoms with van der Waals surface area (Å²) in [5.41, 5.74) is 3.77. The lowest BCUT2D eigenvalue weighted by atomic mass is 9.91. The first kappa shape index (κ1) is 19.3. The molecule has 0 aromatic heterocycles. The maximum absolute atomic E-state index is 12.4. The Kier molecular flexibility index (Phi) is 6.38. The highest BCUT2D eigenvalue weighted by Crippen LogP contribution is 2.27. The number of carbonyl (C=O) groups excluding carboxylic acids is 1. The molecule has 0 unspecified atom stereocenters. The van der Waals surface area contributed by atoms with Gasteiger partial charge in [-0.1, -0.05) is 31.2 Å². The quantitative estimate of drug-likeness (QED) is 0.710. The van der Waals surface area contributed by atoms with Gasteiger partial charge in [-0.25, -0.2) is 0 Å². The predicted octanol–water partition coefficient (Wildman–Crippen LogP) is 3.90. The van der Waals surface area contributed by atoms with Crippen LogP contribution in [0.3, 0.4) is 0 Å². The molecule has 4 nitrogen and oxygen atoms in total. The van der Waals surface area contributed by atoms with E-state index in [1.807, 2.05) is 23.1 Å². The SMILES string of the molecule is CCc1ccc(CCC(=O)N2CC(Cc3cc(OC)cc(OC)c3)C2)cc1. The Hall–Kier alpha value is -2.49. The molecule has 1 heterocycles. The van der Waals surface area contributed by atoms with Crippen LogP contribution in [0.25, 0.3) is 0 Å². The van der Waals surface area contributed by atoms with Crippen LogP contribution in [0.2, 0.25) is 0 Å². The minimum atomic E-state index is 0.258. The van der Waals surface area contributed by atoms with E-state index in [4.69, 9.17) is 9.47 Å². The number of methoxy groups -OCH3 is 2. The van der Waals surface area contributed by atoms with Crippen LogP contribution in [0.1, 0.15) is 30.0 Å². The van der Waals surface area contributed by atoms with Crippen LogP contribution < -0.4 is 9.47 Å². The van der Waals surface area contributed by atoms with Gasteiger partial charge in [-0.15, -0.1) is 0 Å². The molecule has 27 heavy (non-hydrogen) atoms. The van der Waals surface area contributed by atoms with Crippen molar-refractivity contribution in [2.75, 3.05) is 27.3 Å². The van der Waals surface area contributed by atoms with Crippen LogP contribution in [0.15, 0.2) is 42.5 Å². The Bertz CT molecular complexity index is 741. The van der Waals surface area contributed by atoms with Gasteiger partial charge in [0.15, 0.2) is 0 Å². The summed E-state index contributed by atoms with van der Waals surface area (Å²) in [5.74, 6) is 2.39. The van der Waals surface area contributed by atoms with Gasteiger partial charge in [-0.05, 0) is 54.0 Å². The predicted molar refractivity (Wildman–Crippen MR) is 107 cm³/mol. The fourth-order valence-electron chi connectivity index (χ4n) is 3.57. The van der Waals surface area contributed by atoms with Gasteiger partial charge in [-0.2, -0.15) is 0 Å². The third-order valence-corrected chi connectivity index (χ3v) is 5.30. The molecule has 1 aliphatic rings. The molecule has 2 aromatic rings. The number of nitrogens with zero attached hydrogens (tertiary/aromatic N) is 1. The average Bonchev–Trinajstić information content (AvgIpc) is 2.68. The second-order valence-electron chi connectivity index (χ2n) is 7.26. The van der Waals surface area contributed by atoms with Gasteiger partial charge < -0.3 is 14.4 Å². The summed E-state index contributed by atoms with van der Waals surface area (Å²) in [4.78, 5) is 14.4. The van der Waals surface area contributed by atoms with Gasteiger partial charge in [0.1, 0.15) is 11.5 Å². The van der Waals surface area contributed by atoms with Gasteiger partial charge in [-0.3, -0.25) is 4.79 Å². The van der Waals surface area contributed by atoms with Gasteiger partial charge in [0.2, 0.25) is 5.91 Å². The van der Waals surface area contributed by atoms with E-state index in [9.17, 15) is 4.79 Å². The molecule has 0 atom stereocenters. The van der Waals surface area contributed by atoms with E-state index >= 15 is 0 Å². The molecule has 2 aromatic carbocycles. The van der Waals surface area contributed by atoms with Crippen molar-refractivity contribution in [3.63, 3.8) is 0 Å². The Morgan fingerprint density at radius 1 is 0.963 bits per heavy atom. The van der Waals surface area contributed by atoms with E-state index < -0.39 is 0 Å². The van der Waals surface area contributed by atoms with Crippen LogP contribution in [0.5, 0.6) is 11.5 Å². The van der Waals surface area contributed by atoms with Crippen molar-refractivity contribution in [3.8, 4) is 11.5 Å². The standard InChI is InChI=1S/C23H29NO3/c1-4-17-5-7-18(8-6-17)9-10-23(25)24-15-20(16-24)11-19-12-21(26-2)14-22(13-19)27-3/h5-8,12-14,20H,4,9-11,15-16H2,1-3H3. The van der Waals surface area contributed by atoms with Crippen molar-refractivity contribution in [2.24, 2.45) is 5.92 Å². The number of likely N-dealkylation sites (tertiary alicyclic amines) is 1. The smallest absolute Gasteiger partial charge is 0.222 e. The van der Waals surface area contributed by atoms with Crippen LogP contribution in [-0.4, -0.2) is 38.1 Å². The Labute approximate surface area is 162 Å². The zero-order chi connectivity index (χ0) is 19.2. The number of benzene rings is 2. The van der Waals surface area contributed by atoms with Crippen molar-refractivity contribution < 1.29 is 14.3 Å². The molecular formula is C23H29NO3. The number of ether oxygens (including phenoxy) is 2. The van der Waals surface area contributed by atoms with Crippen LogP contribution in [-0.2, 0) is 24.1 Å². The first-order valence-electron chi connectivity index (χ1n) is 9.68. The Morgan fingerprint density at radius 2 is 1.56 bits per heavy atom. The number of aryl methyl sites for hydroxylation is 2. The first-order valence-corrected chi connectivity index (χ1v) is 9.68. The zero-order valence-electron chi connectivity index (χ0n) is 16.5. The molecule has 0 saturated carbocycles. The van der Waals surface area contributed by atoms with E-state index in [1.165, 1.54) is 16.7 Å². The lowest BCUT2D eigenvalue weighted by Crippen LogP contribution is -2.50. The third-order valence-electron chi connectivity index (χ3n) is 5.30. The molecule has 1 aliphatic heterocycles. The maximum Gasteiger partial charge on any atom is 0.222 e. The van der Waals surface area contributed by atoms with Crippen LogP contribution in [0.4, 0.5) is 0 Å². The largest absolute Gasteiger partial charge is 0.497 e. The molecule has 0 N–H and O–H groups in total. The topological polar surface area (TPSA) is 38.8 Å². The van der Waals surface area contributed by atoms with E-state index in [0.717, 1.165) is 43.9 Å². The van der Waals surface area contributed by atoms with Crippen molar-refractivity contribution in [3.05, 3.63) is 59.2 Å². The summed E-state index contributed by atoms with van der Waals surface area (Å²) in [6.45, 7) is 3.83. The molecule has 3 rings (SSSR count). The number of amides is 1. The number of carbonyl (C=O) groups is 1. The fraction of sp³-hybridized carbons (Fsp3) is 0.435. The highest BCUT2D eigenvalue weighted by Gasteiger charge is 2.30. The van der Waals surface area contributed by atoms with Crippen LogP contribution in [0, 0.1) is 5.92 Å². The highest BCUT2D eigenvalue weighted by molar-refractivity contribution is 5.77. The maximum atomic E-state index is 12.4. The lowest BCUT2D eigenvalue weighted by Gasteiger charge is -2.39. The van der Waals surface area contributed by atoms with Gasteiger partial charge in [0, 0.05) is 25.6 Å². The highest BCUT2D eigenvalue weighted by atomic mass is 16.5. The minimum Gasteiger partial charge on any atom is -0.497 e. The molecule has 1 fully saturated rings. The van der Waals surface area contributed by atoms with Crippen molar-refractivity contribution >= 4 is 5.91 Å². The van der Waals surface area contributed by atoms with Gasteiger partial charge in [0.25, 0.3) is 0 Å². The molecule has 0 spiro atoms. The van der Waals surface area contributed by atoms with Gasteiger partial charge in [0.05, 0.1) is 14.2 Å². The summed E-state index contributed by atoms with van der Waals surface area (Å²) in [5, 5.41) is 0. The van der Waals surface area contributed by atoms with E-state index in [-0.39, 0.29) is 5.91 Å². The van der Waals surface area contributed by atoms with Gasteiger partial charge >= 0.3 is 0 Å². The molecule has 1 amide bonds. The molecular weight excluding hydrogens is 338 g/mol. The molecule has 0 radical (unpaired) electrons. The van der Waals surface area contributed by atoms with E-state index in [1.54, 1.807) is 14.2 Å². The van der Waals surface area contributed by atoms with Crippen molar-refractivity contribution in [1.29, 1.82) is 0 Å². The fourth-order valence-corrected chi connectivity index (χ4v) is 3.57. The van der Waals surface area contributed by atoms with E-state index in [2.05, 4.69) is 31.2 Å². The number of hydrogen-bond acceptors (Lipinski definition) is 3. The summed E-state index contributed by atoms with van der Waals surface area (Å²) in [6, 6.07) is 14.6. The summed E-state index contributed by atoms with van der Waals surface area (Å²) in [6.07, 6.45) is 3.39. The third kappa shape index (κ3) is 5.03. The van der Waals surface area contributed by atoms with Crippen LogP contribution >= 0.6 is 0 Å². The minimum absolute atomic E-state index is 0.258. The zero-order valence-corrected chi connectivity index (χ0v) is 16.5. The molecule has 1 saturated heterocycles. The monoisotopic (exact) mass is 367 g/mol. The van der Waals surface area contributed by atoms with E-state index in [0.29, 0.717) is 12.3 Å². The molecule has 0 aliphatic carbocycles. The summed E-state index contributed by atoms with van der Waals surface area (Å²) in [7, 11) is 3.33. The summed E-state index contributed by atoms with van der Waals surface area (Å²) < 4.78 is 10.7. The summed E-state index contributed by atoms with van der Waals surface area (Å²) >= 11 is 0. The van der Waals surface area contributed by atoms with Crippen molar-refractivity contribution in [2.45, 2.75) is 32.6 Å². The number of rotatable bonds is 8. The lowest BCUT2D eigenvalue weighted by molar-refractivity contribution is -0.137. The Morgan fingerprint density at radius 3 is 2.11 bits per heavy atom. The average molecular weight is 367 g/mol. The van der Waals surface area contributed by atoms with Crippen molar-refractivity contribution in [1.82, 2.24) is 4.90 Å². The molecule has 0 bridgehead atoms. The molecule has 144 valence electrons. The second-order valence-corrected chi connectivity index (χ2v) is 7.26. The first-order chi connectivity index (χ1) is 13.1. The number of hydrogen-bond donors (Lipinski definition) is 0. The molecule has 4 heteroatoms. The second kappa shape index (κ2) is 8.94.